The quantitative estimate of drug-likeness (QED) is 0.660. The summed E-state index contributed by atoms with van der Waals surface area (Å²) in [4.78, 5) is 37.5. The molecule has 0 bridgehead atoms. The van der Waals surface area contributed by atoms with Gasteiger partial charge in [-0.2, -0.15) is 5.10 Å². The van der Waals surface area contributed by atoms with Gasteiger partial charge in [-0.3, -0.25) is 9.59 Å². The molecule has 28 heavy (non-hydrogen) atoms. The molecule has 2 aromatic heterocycles. The van der Waals surface area contributed by atoms with E-state index in [-0.39, 0.29) is 11.5 Å². The third-order valence-corrected chi connectivity index (χ3v) is 4.90. The number of rotatable bonds is 3. The number of fused-ring (bicyclic) bond motifs is 1. The highest BCUT2D eigenvalue weighted by molar-refractivity contribution is 6.04. The molecular weight excluding hydrogens is 360 g/mol. The van der Waals surface area contributed by atoms with Crippen LogP contribution in [0.5, 0.6) is 5.75 Å². The minimum absolute atomic E-state index is 0.180. The smallest absolute Gasteiger partial charge is 0.275 e. The van der Waals surface area contributed by atoms with Crippen LogP contribution in [0.15, 0.2) is 41.6 Å². The van der Waals surface area contributed by atoms with E-state index >= 15 is 0 Å². The van der Waals surface area contributed by atoms with Crippen LogP contribution < -0.4 is 15.2 Å². The summed E-state index contributed by atoms with van der Waals surface area (Å²) in [5.74, 6) is 1.14. The van der Waals surface area contributed by atoms with Crippen LogP contribution in [0.4, 0.5) is 5.82 Å². The molecule has 9 heteroatoms. The Morgan fingerprint density at radius 2 is 1.82 bits per heavy atom. The van der Waals surface area contributed by atoms with Crippen LogP contribution in [-0.2, 0) is 7.05 Å². The standard InChI is InChI=1S/C19H20N6O3/c1-23-18(26)14-6-4-3-5-13(14)16(22-23)19(27)25-9-7-24(8-10-25)17-15(28-2)11-20-12-21-17/h3-6,11-12H,7-10H2,1-2H3. The minimum atomic E-state index is -0.215. The van der Waals surface area contributed by atoms with Gasteiger partial charge in [0.25, 0.3) is 11.5 Å². The number of hydrogen-bond acceptors (Lipinski definition) is 7. The fraction of sp³-hybridized carbons (Fsp3) is 0.316. The maximum atomic E-state index is 13.1. The van der Waals surface area contributed by atoms with Crippen molar-refractivity contribution < 1.29 is 9.53 Å². The van der Waals surface area contributed by atoms with Gasteiger partial charge in [0.05, 0.1) is 18.7 Å². The monoisotopic (exact) mass is 380 g/mol. The summed E-state index contributed by atoms with van der Waals surface area (Å²) in [6.45, 7) is 2.27. The zero-order valence-electron chi connectivity index (χ0n) is 15.7. The van der Waals surface area contributed by atoms with Crippen molar-refractivity contribution in [3.8, 4) is 5.75 Å². The number of aromatic nitrogens is 4. The Morgan fingerprint density at radius 3 is 2.54 bits per heavy atom. The number of methoxy groups -OCH3 is 1. The number of amides is 1. The molecule has 1 fully saturated rings. The number of aryl methyl sites for hydroxylation is 1. The van der Waals surface area contributed by atoms with E-state index in [1.807, 2.05) is 0 Å². The van der Waals surface area contributed by atoms with Gasteiger partial charge in [-0.25, -0.2) is 14.6 Å². The van der Waals surface area contributed by atoms with Gasteiger partial charge in [0.1, 0.15) is 6.33 Å². The summed E-state index contributed by atoms with van der Waals surface area (Å²) < 4.78 is 6.54. The molecule has 0 N–H and O–H groups in total. The highest BCUT2D eigenvalue weighted by Gasteiger charge is 2.27. The number of carbonyl (C=O) groups excluding carboxylic acids is 1. The molecule has 1 aliphatic heterocycles. The van der Waals surface area contributed by atoms with E-state index in [1.165, 1.54) is 11.0 Å². The van der Waals surface area contributed by atoms with E-state index in [9.17, 15) is 9.59 Å². The number of ether oxygens (including phenoxy) is 1. The second-order valence-corrected chi connectivity index (χ2v) is 6.52. The lowest BCUT2D eigenvalue weighted by Crippen LogP contribution is -2.49. The molecule has 0 aliphatic carbocycles. The normalized spacial score (nSPS) is 14.4. The van der Waals surface area contributed by atoms with Crippen LogP contribution in [0, 0.1) is 0 Å². The zero-order valence-corrected chi connectivity index (χ0v) is 15.7. The molecular formula is C19H20N6O3. The van der Waals surface area contributed by atoms with Gasteiger partial charge < -0.3 is 14.5 Å². The van der Waals surface area contributed by atoms with Crippen molar-refractivity contribution in [3.63, 3.8) is 0 Å². The van der Waals surface area contributed by atoms with E-state index in [4.69, 9.17) is 4.74 Å². The van der Waals surface area contributed by atoms with Gasteiger partial charge in [0, 0.05) is 38.6 Å². The van der Waals surface area contributed by atoms with Gasteiger partial charge in [-0.05, 0) is 6.07 Å². The predicted octanol–water partition coefficient (Wildman–Crippen LogP) is 0.694. The minimum Gasteiger partial charge on any atom is -0.491 e. The topological polar surface area (TPSA) is 93.5 Å². The zero-order chi connectivity index (χ0) is 19.7. The molecule has 1 aromatic carbocycles. The Bertz CT molecular complexity index is 1090. The van der Waals surface area contributed by atoms with Gasteiger partial charge in [-0.15, -0.1) is 0 Å². The maximum Gasteiger partial charge on any atom is 0.275 e. The third-order valence-electron chi connectivity index (χ3n) is 4.90. The first-order valence-corrected chi connectivity index (χ1v) is 8.94. The van der Waals surface area contributed by atoms with Gasteiger partial charge >= 0.3 is 0 Å². The van der Waals surface area contributed by atoms with Gasteiger partial charge in [0.15, 0.2) is 17.3 Å². The van der Waals surface area contributed by atoms with Crippen LogP contribution in [0.3, 0.4) is 0 Å². The molecule has 0 spiro atoms. The van der Waals surface area contributed by atoms with Gasteiger partial charge in [-0.1, -0.05) is 18.2 Å². The van der Waals surface area contributed by atoms with Crippen molar-refractivity contribution in [2.45, 2.75) is 0 Å². The number of hydrogen-bond donors (Lipinski definition) is 0. The Labute approximate surface area is 161 Å². The third kappa shape index (κ3) is 3.04. The molecule has 1 aliphatic rings. The summed E-state index contributed by atoms with van der Waals surface area (Å²) in [6, 6.07) is 7.07. The molecule has 144 valence electrons. The van der Waals surface area contributed by atoms with E-state index in [1.54, 1.807) is 49.5 Å². The Morgan fingerprint density at radius 1 is 1.11 bits per heavy atom. The number of benzene rings is 1. The molecule has 0 unspecified atom stereocenters. The summed E-state index contributed by atoms with van der Waals surface area (Å²) >= 11 is 0. The lowest BCUT2D eigenvalue weighted by molar-refractivity contribution is 0.0740. The second kappa shape index (κ2) is 7.26. The van der Waals surface area contributed by atoms with Crippen molar-refractivity contribution in [1.82, 2.24) is 24.6 Å². The van der Waals surface area contributed by atoms with Crippen LogP contribution >= 0.6 is 0 Å². The lowest BCUT2D eigenvalue weighted by Gasteiger charge is -2.35. The molecule has 3 heterocycles. The average molecular weight is 380 g/mol. The van der Waals surface area contributed by atoms with E-state index in [0.717, 1.165) is 5.82 Å². The van der Waals surface area contributed by atoms with E-state index in [2.05, 4.69) is 20.0 Å². The van der Waals surface area contributed by atoms with Crippen molar-refractivity contribution >= 4 is 22.5 Å². The van der Waals surface area contributed by atoms with Crippen molar-refractivity contribution in [2.75, 3.05) is 38.2 Å². The molecule has 1 saturated heterocycles. The number of carbonyl (C=O) groups is 1. The van der Waals surface area contributed by atoms with Crippen LogP contribution in [-0.4, -0.2) is 63.8 Å². The van der Waals surface area contributed by atoms with E-state index < -0.39 is 0 Å². The fourth-order valence-electron chi connectivity index (χ4n) is 3.42. The van der Waals surface area contributed by atoms with Crippen molar-refractivity contribution in [2.24, 2.45) is 7.05 Å². The van der Waals surface area contributed by atoms with E-state index in [0.29, 0.717) is 48.4 Å². The first-order chi connectivity index (χ1) is 13.6. The Balaban J connectivity index is 1.58. The lowest BCUT2D eigenvalue weighted by atomic mass is 10.1. The highest BCUT2D eigenvalue weighted by atomic mass is 16.5. The maximum absolute atomic E-state index is 13.1. The van der Waals surface area contributed by atoms with Crippen LogP contribution in [0.2, 0.25) is 0 Å². The predicted molar refractivity (Wildman–Crippen MR) is 104 cm³/mol. The average Bonchev–Trinajstić information content (AvgIpc) is 2.76. The number of piperazine rings is 1. The highest BCUT2D eigenvalue weighted by Crippen LogP contribution is 2.25. The second-order valence-electron chi connectivity index (χ2n) is 6.52. The van der Waals surface area contributed by atoms with Crippen LogP contribution in [0.25, 0.3) is 10.8 Å². The number of anilines is 1. The molecule has 0 saturated carbocycles. The fourth-order valence-corrected chi connectivity index (χ4v) is 3.42. The Kier molecular flexibility index (Phi) is 4.64. The molecule has 0 radical (unpaired) electrons. The number of nitrogens with zero attached hydrogens (tertiary/aromatic N) is 6. The molecule has 3 aromatic rings. The SMILES string of the molecule is COc1cncnc1N1CCN(C(=O)c2nn(C)c(=O)c3ccccc23)CC1. The molecule has 1 amide bonds. The first-order valence-electron chi connectivity index (χ1n) is 8.94. The summed E-state index contributed by atoms with van der Waals surface area (Å²) in [5.41, 5.74) is 0.0820. The molecule has 0 atom stereocenters. The van der Waals surface area contributed by atoms with Crippen molar-refractivity contribution in [3.05, 3.63) is 52.8 Å². The molecule has 9 nitrogen and oxygen atoms in total. The summed E-state index contributed by atoms with van der Waals surface area (Å²) in [7, 11) is 3.14. The first kappa shape index (κ1) is 17.9. The summed E-state index contributed by atoms with van der Waals surface area (Å²) in [6.07, 6.45) is 3.11. The molecule has 4 rings (SSSR count). The summed E-state index contributed by atoms with van der Waals surface area (Å²) in [5, 5.41) is 5.31. The largest absolute Gasteiger partial charge is 0.491 e. The van der Waals surface area contributed by atoms with Gasteiger partial charge in [0.2, 0.25) is 0 Å². The van der Waals surface area contributed by atoms with Crippen LogP contribution in [0.1, 0.15) is 10.5 Å². The van der Waals surface area contributed by atoms with Crippen molar-refractivity contribution in [1.29, 1.82) is 0 Å². The Hall–Kier alpha value is -3.49.